The molecule has 272 valence electrons. The number of amides is 3. The molecule has 2 N–H and O–H groups in total. The van der Waals surface area contributed by atoms with Gasteiger partial charge in [0, 0.05) is 17.0 Å². The van der Waals surface area contributed by atoms with Crippen LogP contribution in [-0.2, 0) is 54.1 Å². The number of esters is 1. The van der Waals surface area contributed by atoms with Gasteiger partial charge in [0.15, 0.2) is 10.8 Å². The third-order valence-corrected chi connectivity index (χ3v) is 9.50. The van der Waals surface area contributed by atoms with Crippen molar-refractivity contribution in [2.45, 2.75) is 44.4 Å². The van der Waals surface area contributed by atoms with Crippen LogP contribution in [0.5, 0.6) is 5.75 Å². The first-order valence-electron chi connectivity index (χ1n) is 15.2. The molecular weight excluding hydrogens is 744 g/mol. The van der Waals surface area contributed by atoms with Gasteiger partial charge in [0.25, 0.3) is 11.8 Å². The third-order valence-electron chi connectivity index (χ3n) is 7.08. The number of thioether (sulfide) groups is 1. The molecule has 17 nitrogen and oxygen atoms in total. The number of halogens is 1. The highest BCUT2D eigenvalue weighted by molar-refractivity contribution is 8.00. The topological polar surface area (TPSA) is 203 Å². The fourth-order valence-corrected chi connectivity index (χ4v) is 6.97. The van der Waals surface area contributed by atoms with Crippen LogP contribution in [0.15, 0.2) is 57.8 Å². The van der Waals surface area contributed by atoms with E-state index in [1.165, 1.54) is 29.2 Å². The van der Waals surface area contributed by atoms with Gasteiger partial charge in [-0.2, -0.15) is 0 Å². The van der Waals surface area contributed by atoms with Crippen LogP contribution in [0.3, 0.4) is 0 Å². The predicted molar refractivity (Wildman–Crippen MR) is 188 cm³/mol. The maximum Gasteiger partial charge on any atom is 0.493 e. The molecule has 0 aliphatic carbocycles. The van der Waals surface area contributed by atoms with Crippen LogP contribution >= 0.6 is 34.7 Å². The van der Waals surface area contributed by atoms with E-state index in [4.69, 9.17) is 48.0 Å². The van der Waals surface area contributed by atoms with Crippen molar-refractivity contribution in [3.05, 3.63) is 63.9 Å². The summed E-state index contributed by atoms with van der Waals surface area (Å²) in [4.78, 5) is 75.9. The van der Waals surface area contributed by atoms with Crippen LogP contribution < -0.4 is 15.4 Å². The Bertz CT molecular complexity index is 1810. The average Bonchev–Trinajstić information content (AvgIpc) is 3.55. The van der Waals surface area contributed by atoms with Gasteiger partial charge >= 0.3 is 33.2 Å². The van der Waals surface area contributed by atoms with Crippen molar-refractivity contribution in [3.8, 4) is 5.75 Å². The number of β-lactam (4-membered cyclic amide) rings is 1. The number of oxime groups is 1. The average molecular weight is 774 g/mol. The number of aromatic nitrogens is 1. The lowest BCUT2D eigenvalue weighted by Crippen LogP contribution is -2.71. The number of thiazole rings is 1. The largest absolute Gasteiger partial charge is 0.538 e. The summed E-state index contributed by atoms with van der Waals surface area (Å²) in [5.41, 5.74) is -0.261. The molecule has 2 atom stereocenters. The minimum atomic E-state index is -1.18. The Kier molecular flexibility index (Phi) is 12.5. The summed E-state index contributed by atoms with van der Waals surface area (Å²) in [5.74, 6) is -2.18. The number of rotatable bonds is 13. The highest BCUT2D eigenvalue weighted by atomic mass is 35.5. The van der Waals surface area contributed by atoms with E-state index in [0.717, 1.165) is 17.3 Å². The number of fused-ring (bicyclic) bond motifs is 1. The zero-order valence-corrected chi connectivity index (χ0v) is 30.4. The van der Waals surface area contributed by atoms with Crippen molar-refractivity contribution in [1.82, 2.24) is 15.2 Å². The smallest absolute Gasteiger partial charge is 0.493 e. The van der Waals surface area contributed by atoms with Crippen LogP contribution in [0.25, 0.3) is 0 Å². The van der Waals surface area contributed by atoms with E-state index in [1.807, 2.05) is 0 Å². The number of carbonyl (C=O) groups excluding carboxylic acids is 5. The van der Waals surface area contributed by atoms with E-state index >= 15 is 0 Å². The summed E-state index contributed by atoms with van der Waals surface area (Å²) >= 11 is 8.35. The summed E-state index contributed by atoms with van der Waals surface area (Å²) in [5, 5.41) is 9.57. The molecule has 5 rings (SSSR count). The molecule has 1 aromatic heterocycles. The molecule has 52 heavy (non-hydrogen) atoms. The van der Waals surface area contributed by atoms with Crippen molar-refractivity contribution in [1.29, 1.82) is 0 Å². The molecule has 2 saturated heterocycles. The standard InChI is InChI=1S/C30H30B2ClN5O12S2/c1-30(2,3)48-29(43)36-28-34-18(13-52-28)20(37-50-19(26(41)49-31)9-32-46-14-47-32)23(39)35-21-24(40)38-22(16(10-33)12-51-25(21)38)27(42)45-11-15-5-7-17(44-4)8-6-15/h5-9,13,21,25H,10-12,14H2,1-4H3,(H,35,39)(H,34,36,43)/b19-9+,37-20-/t21-,25-/m1/s1. The molecule has 1 aromatic carbocycles. The minimum absolute atomic E-state index is 0.00662. The molecule has 3 amide bonds. The number of hydrogen-bond donors (Lipinski definition) is 2. The van der Waals surface area contributed by atoms with Crippen LogP contribution in [0.2, 0.25) is 0 Å². The van der Waals surface area contributed by atoms with Crippen molar-refractivity contribution < 1.29 is 57.0 Å². The molecule has 2 radical (unpaired) electrons. The van der Waals surface area contributed by atoms with E-state index in [9.17, 15) is 24.0 Å². The predicted octanol–water partition coefficient (Wildman–Crippen LogP) is 2.40. The summed E-state index contributed by atoms with van der Waals surface area (Å²) < 4.78 is 30.3. The van der Waals surface area contributed by atoms with Gasteiger partial charge in [0.05, 0.1) is 7.11 Å². The number of hydrogen-bond acceptors (Lipinski definition) is 16. The van der Waals surface area contributed by atoms with Crippen LogP contribution in [0.4, 0.5) is 9.93 Å². The number of anilines is 1. The fourth-order valence-electron chi connectivity index (χ4n) is 4.61. The van der Waals surface area contributed by atoms with Crippen molar-refractivity contribution in [2.75, 3.05) is 30.9 Å². The van der Waals surface area contributed by atoms with Gasteiger partial charge in [-0.05, 0) is 50.0 Å². The lowest BCUT2D eigenvalue weighted by Gasteiger charge is -2.49. The Morgan fingerprint density at radius 1 is 1.21 bits per heavy atom. The normalized spacial score (nSPS) is 18.8. The second kappa shape index (κ2) is 16.8. The van der Waals surface area contributed by atoms with Crippen LogP contribution in [0, 0.1) is 0 Å². The SMILES string of the molecule is [B]OC(=O)/C(=C\B1OCO1)O/N=C(\C(=O)N[C@@H]1C(=O)N2C(C(=O)OCc3ccc(OC)cc3)=C(CCl)CS[C@H]12)c1csc(NC(=O)OC(C)(C)C)n1. The fraction of sp³-hybridized carbons (Fsp3) is 0.367. The lowest BCUT2D eigenvalue weighted by atomic mass is 9.87. The summed E-state index contributed by atoms with van der Waals surface area (Å²) in [7, 11) is 5.58. The monoisotopic (exact) mass is 773 g/mol. The molecule has 22 heteroatoms. The Morgan fingerprint density at radius 3 is 2.56 bits per heavy atom. The van der Waals surface area contributed by atoms with E-state index in [2.05, 4.69) is 25.4 Å². The summed E-state index contributed by atoms with van der Waals surface area (Å²) in [6.45, 7) is 4.92. The maximum absolute atomic E-state index is 13.8. The first kappa shape index (κ1) is 38.7. The molecule has 0 unspecified atom stereocenters. The van der Waals surface area contributed by atoms with Crippen molar-refractivity contribution >= 4 is 90.6 Å². The lowest BCUT2D eigenvalue weighted by molar-refractivity contribution is -0.153. The molecule has 3 aliphatic heterocycles. The molecular formula is C30H30B2ClN5O12S2. The molecule has 4 heterocycles. The third kappa shape index (κ3) is 9.26. The number of alkyl halides is 1. The maximum atomic E-state index is 13.8. The zero-order valence-electron chi connectivity index (χ0n) is 28.0. The van der Waals surface area contributed by atoms with Gasteiger partial charge in [-0.15, -0.1) is 34.7 Å². The van der Waals surface area contributed by atoms with Crippen LogP contribution in [-0.4, -0.2) is 103 Å². The van der Waals surface area contributed by atoms with Gasteiger partial charge in [-0.25, -0.2) is 19.4 Å². The molecule has 2 aromatic rings. The van der Waals surface area contributed by atoms with E-state index < -0.39 is 65.5 Å². The molecule has 0 saturated carbocycles. The first-order chi connectivity index (χ1) is 24.8. The van der Waals surface area contributed by atoms with E-state index in [-0.39, 0.29) is 41.6 Å². The number of benzene rings is 1. The number of ether oxygens (including phenoxy) is 3. The van der Waals surface area contributed by atoms with Gasteiger partial charge in [0.2, 0.25) is 5.76 Å². The van der Waals surface area contributed by atoms with Gasteiger partial charge < -0.3 is 38.3 Å². The molecule has 0 spiro atoms. The summed E-state index contributed by atoms with van der Waals surface area (Å²) in [6.07, 6.45) is -0.804. The Balaban J connectivity index is 1.34. The molecule has 0 bridgehead atoms. The molecule has 3 aliphatic rings. The number of methoxy groups -OCH3 is 1. The zero-order chi connectivity index (χ0) is 37.6. The Morgan fingerprint density at radius 2 is 1.94 bits per heavy atom. The quantitative estimate of drug-likeness (QED) is 0.0439. The second-order valence-electron chi connectivity index (χ2n) is 11.8. The Labute approximate surface area is 311 Å². The van der Waals surface area contributed by atoms with Gasteiger partial charge in [0.1, 0.15) is 47.6 Å². The van der Waals surface area contributed by atoms with Crippen molar-refractivity contribution in [3.63, 3.8) is 0 Å². The number of nitrogens with one attached hydrogen (secondary N) is 2. The van der Waals surface area contributed by atoms with Crippen molar-refractivity contribution in [2.24, 2.45) is 5.16 Å². The number of carbonyl (C=O) groups is 5. The molecule has 2 fully saturated rings. The Hall–Kier alpha value is -4.56. The van der Waals surface area contributed by atoms with Gasteiger partial charge in [-0.1, -0.05) is 17.3 Å². The number of nitrogens with zero attached hydrogens (tertiary/aromatic N) is 3. The van der Waals surface area contributed by atoms with Gasteiger partial charge in [-0.3, -0.25) is 19.8 Å². The minimum Gasteiger partial charge on any atom is -0.538 e. The highest BCUT2D eigenvalue weighted by Gasteiger charge is 2.54. The van der Waals surface area contributed by atoms with Crippen LogP contribution in [0.1, 0.15) is 32.0 Å². The summed E-state index contributed by atoms with van der Waals surface area (Å²) in [6, 6.07) is 5.77. The first-order valence-corrected chi connectivity index (χ1v) is 17.7. The highest BCUT2D eigenvalue weighted by Crippen LogP contribution is 2.41. The van der Waals surface area contributed by atoms with E-state index in [0.29, 0.717) is 16.9 Å². The second-order valence-corrected chi connectivity index (χ2v) is 14.1. The van der Waals surface area contributed by atoms with E-state index in [1.54, 1.807) is 45.0 Å².